The van der Waals surface area contributed by atoms with Crippen molar-refractivity contribution in [2.45, 2.75) is 13.8 Å². The number of carbonyl (C=O) groups is 1. The predicted molar refractivity (Wildman–Crippen MR) is 44.0 cm³/mol. The van der Waals surface area contributed by atoms with Crippen LogP contribution in [0.5, 0.6) is 0 Å². The number of hydrogen-bond acceptors (Lipinski definition) is 2. The molecule has 0 saturated heterocycles. The Morgan fingerprint density at radius 2 is 2.09 bits per heavy atom. The maximum Gasteiger partial charge on any atom is 0.352 e. The molecule has 0 saturated carbocycles. The quantitative estimate of drug-likeness (QED) is 0.627. The third kappa shape index (κ3) is 2.45. The summed E-state index contributed by atoms with van der Waals surface area (Å²) in [6.45, 7) is 7.07. The van der Waals surface area contributed by atoms with Crippen molar-refractivity contribution < 1.29 is 9.90 Å². The van der Waals surface area contributed by atoms with Gasteiger partial charge in [0.25, 0.3) is 0 Å². The van der Waals surface area contributed by atoms with Crippen LogP contribution in [0, 0.1) is 0 Å². The van der Waals surface area contributed by atoms with Crippen LogP contribution in [0.25, 0.3) is 0 Å². The molecular formula is C8H13NO2. The van der Waals surface area contributed by atoms with Crippen LogP contribution in [0.4, 0.5) is 0 Å². The Morgan fingerprint density at radius 3 is 2.18 bits per heavy atom. The summed E-state index contributed by atoms with van der Waals surface area (Å²) >= 11 is 0. The van der Waals surface area contributed by atoms with E-state index < -0.39 is 5.97 Å². The van der Waals surface area contributed by atoms with Crippen molar-refractivity contribution in [1.29, 1.82) is 0 Å². The number of aliphatic carboxylic acids is 1. The van der Waals surface area contributed by atoms with Gasteiger partial charge in [-0.3, -0.25) is 0 Å². The molecule has 0 aromatic rings. The lowest BCUT2D eigenvalue weighted by molar-refractivity contribution is -0.134. The molecule has 0 aliphatic carbocycles. The van der Waals surface area contributed by atoms with E-state index in [9.17, 15) is 4.79 Å². The summed E-state index contributed by atoms with van der Waals surface area (Å²) in [5.41, 5.74) is 0.956. The average molecular weight is 155 g/mol. The van der Waals surface area contributed by atoms with Crippen molar-refractivity contribution in [1.82, 2.24) is 4.90 Å². The summed E-state index contributed by atoms with van der Waals surface area (Å²) in [5, 5.41) is 8.64. The Morgan fingerprint density at radius 1 is 1.64 bits per heavy atom. The van der Waals surface area contributed by atoms with Gasteiger partial charge in [0.05, 0.1) is 0 Å². The fourth-order valence-corrected chi connectivity index (χ4v) is 0.666. The summed E-state index contributed by atoms with van der Waals surface area (Å²) < 4.78 is 0. The highest BCUT2D eigenvalue weighted by Crippen LogP contribution is 2.07. The van der Waals surface area contributed by atoms with Crippen LogP contribution in [-0.4, -0.2) is 23.0 Å². The van der Waals surface area contributed by atoms with Crippen molar-refractivity contribution in [2.24, 2.45) is 0 Å². The molecule has 0 bridgehead atoms. The molecule has 0 radical (unpaired) electrons. The smallest absolute Gasteiger partial charge is 0.352 e. The maximum atomic E-state index is 10.5. The van der Waals surface area contributed by atoms with E-state index in [2.05, 4.69) is 6.58 Å². The first kappa shape index (κ1) is 9.75. The Labute approximate surface area is 66.6 Å². The zero-order valence-corrected chi connectivity index (χ0v) is 7.09. The first-order valence-electron chi connectivity index (χ1n) is 3.29. The lowest BCUT2D eigenvalue weighted by Crippen LogP contribution is -2.20. The zero-order chi connectivity index (χ0) is 9.02. The minimum Gasteiger partial charge on any atom is -0.477 e. The van der Waals surface area contributed by atoms with Gasteiger partial charge in [-0.15, -0.1) is 0 Å². The molecule has 1 N–H and O–H groups in total. The number of likely N-dealkylation sites (N-methyl/N-ethyl adjacent to an activating group) is 1. The van der Waals surface area contributed by atoms with Crippen molar-refractivity contribution in [3.8, 4) is 0 Å². The monoisotopic (exact) mass is 155 g/mol. The normalized spacial score (nSPS) is 11.0. The molecule has 0 atom stereocenters. The van der Waals surface area contributed by atoms with Gasteiger partial charge < -0.3 is 10.0 Å². The fourth-order valence-electron chi connectivity index (χ4n) is 0.666. The van der Waals surface area contributed by atoms with Gasteiger partial charge in [-0.1, -0.05) is 12.7 Å². The standard InChI is InChI=1S/C8H13NO2/c1-5-7(8(10)11)9(4)6(2)3/h5H,2H2,1,3-4H3,(H,10,11)/b7-5-. The molecule has 0 aromatic carbocycles. The zero-order valence-electron chi connectivity index (χ0n) is 7.09. The van der Waals surface area contributed by atoms with Gasteiger partial charge in [0.1, 0.15) is 5.70 Å². The molecule has 0 rings (SSSR count). The van der Waals surface area contributed by atoms with Gasteiger partial charge in [0.2, 0.25) is 0 Å². The second-order valence-electron chi connectivity index (χ2n) is 2.27. The van der Waals surface area contributed by atoms with Crippen LogP contribution < -0.4 is 0 Å². The van der Waals surface area contributed by atoms with Crippen molar-refractivity contribution >= 4 is 5.97 Å². The molecule has 0 unspecified atom stereocenters. The van der Waals surface area contributed by atoms with Crippen LogP contribution in [0.1, 0.15) is 13.8 Å². The number of nitrogens with zero attached hydrogens (tertiary/aromatic N) is 1. The molecule has 0 fully saturated rings. The van der Waals surface area contributed by atoms with Gasteiger partial charge >= 0.3 is 5.97 Å². The minimum atomic E-state index is -0.932. The fraction of sp³-hybridized carbons (Fsp3) is 0.375. The molecule has 0 heterocycles. The Hall–Kier alpha value is -1.25. The lowest BCUT2D eigenvalue weighted by Gasteiger charge is -2.18. The SMILES string of the molecule is C=C(C)N(C)/C(=C\C)C(=O)O. The average Bonchev–Trinajstić information content (AvgIpc) is 1.88. The number of carboxylic acid groups (broad SMARTS) is 1. The van der Waals surface area contributed by atoms with E-state index >= 15 is 0 Å². The van der Waals surface area contributed by atoms with Gasteiger partial charge in [0, 0.05) is 12.7 Å². The molecule has 3 heteroatoms. The summed E-state index contributed by atoms with van der Waals surface area (Å²) in [6, 6.07) is 0. The van der Waals surface area contributed by atoms with E-state index in [-0.39, 0.29) is 5.70 Å². The Kier molecular flexibility index (Phi) is 3.37. The summed E-state index contributed by atoms with van der Waals surface area (Å²) in [7, 11) is 1.67. The van der Waals surface area contributed by atoms with Crippen molar-refractivity contribution in [2.75, 3.05) is 7.05 Å². The highest BCUT2D eigenvalue weighted by molar-refractivity contribution is 5.86. The topological polar surface area (TPSA) is 40.5 Å². The first-order chi connectivity index (χ1) is 5.00. The van der Waals surface area contributed by atoms with Gasteiger partial charge in [0.15, 0.2) is 0 Å². The molecule has 3 nitrogen and oxygen atoms in total. The van der Waals surface area contributed by atoms with Crippen LogP contribution in [0.3, 0.4) is 0 Å². The number of hydrogen-bond donors (Lipinski definition) is 1. The second kappa shape index (κ2) is 3.81. The molecule has 0 aliphatic heterocycles. The van der Waals surface area contributed by atoms with E-state index in [1.165, 1.54) is 11.0 Å². The third-order valence-electron chi connectivity index (χ3n) is 1.43. The van der Waals surface area contributed by atoms with Crippen LogP contribution in [0.2, 0.25) is 0 Å². The second-order valence-corrected chi connectivity index (χ2v) is 2.27. The highest BCUT2D eigenvalue weighted by Gasteiger charge is 2.10. The number of rotatable bonds is 3. The molecule has 0 amide bonds. The number of allylic oxidation sites excluding steroid dienone is 2. The van der Waals surface area contributed by atoms with Crippen LogP contribution >= 0.6 is 0 Å². The first-order valence-corrected chi connectivity index (χ1v) is 3.29. The third-order valence-corrected chi connectivity index (χ3v) is 1.43. The Balaban J connectivity index is 4.54. The molecule has 0 spiro atoms. The van der Waals surface area contributed by atoms with E-state index in [0.717, 1.165) is 0 Å². The van der Waals surface area contributed by atoms with Crippen molar-refractivity contribution in [3.05, 3.63) is 24.0 Å². The summed E-state index contributed by atoms with van der Waals surface area (Å²) in [5.74, 6) is -0.932. The maximum absolute atomic E-state index is 10.5. The van der Waals surface area contributed by atoms with Gasteiger partial charge in [-0.25, -0.2) is 4.79 Å². The molecular weight excluding hydrogens is 142 g/mol. The molecule has 11 heavy (non-hydrogen) atoms. The van der Waals surface area contributed by atoms with E-state index in [1.54, 1.807) is 20.9 Å². The molecule has 62 valence electrons. The van der Waals surface area contributed by atoms with E-state index in [0.29, 0.717) is 5.70 Å². The van der Waals surface area contributed by atoms with E-state index in [1.807, 2.05) is 0 Å². The van der Waals surface area contributed by atoms with E-state index in [4.69, 9.17) is 5.11 Å². The molecule has 0 aromatic heterocycles. The van der Waals surface area contributed by atoms with Gasteiger partial charge in [-0.2, -0.15) is 0 Å². The lowest BCUT2D eigenvalue weighted by atomic mass is 10.3. The predicted octanol–water partition coefficient (Wildman–Crippen LogP) is 1.44. The summed E-state index contributed by atoms with van der Waals surface area (Å²) in [6.07, 6.45) is 1.54. The van der Waals surface area contributed by atoms with Gasteiger partial charge in [-0.05, 0) is 13.8 Å². The number of carboxylic acids is 1. The Bertz CT molecular complexity index is 206. The van der Waals surface area contributed by atoms with Crippen molar-refractivity contribution in [3.63, 3.8) is 0 Å². The highest BCUT2D eigenvalue weighted by atomic mass is 16.4. The summed E-state index contributed by atoms with van der Waals surface area (Å²) in [4.78, 5) is 12.1. The van der Waals surface area contributed by atoms with Crippen LogP contribution in [-0.2, 0) is 4.79 Å². The van der Waals surface area contributed by atoms with Crippen LogP contribution in [0.15, 0.2) is 24.0 Å². The molecule has 0 aliphatic rings. The minimum absolute atomic E-state index is 0.248. The largest absolute Gasteiger partial charge is 0.477 e.